The zero-order chi connectivity index (χ0) is 21.6. The van der Waals surface area contributed by atoms with Gasteiger partial charge in [-0.1, -0.05) is 34.4 Å². The first kappa shape index (κ1) is 21.6. The number of alkyl halides is 6. The molecule has 3 rings (SSSR count). The van der Waals surface area contributed by atoms with Crippen LogP contribution in [0, 0.1) is 0 Å². The van der Waals surface area contributed by atoms with Crippen LogP contribution in [0.25, 0.3) is 0 Å². The summed E-state index contributed by atoms with van der Waals surface area (Å²) in [5, 5.41) is 3.43. The number of halogens is 8. The van der Waals surface area contributed by atoms with E-state index in [4.69, 9.17) is 32.8 Å². The van der Waals surface area contributed by atoms with Crippen LogP contribution in [-0.2, 0) is 16.6 Å². The van der Waals surface area contributed by atoms with Crippen molar-refractivity contribution in [2.24, 2.45) is 5.16 Å². The average Bonchev–Trinajstić information content (AvgIpc) is 3.06. The van der Waals surface area contributed by atoms with Crippen LogP contribution < -0.4 is 4.74 Å². The highest BCUT2D eigenvalue weighted by atomic mass is 35.5. The predicted molar refractivity (Wildman–Crippen MR) is 94.4 cm³/mol. The fourth-order valence-corrected chi connectivity index (χ4v) is 3.48. The summed E-state index contributed by atoms with van der Waals surface area (Å²) in [4.78, 5) is 4.82. The fourth-order valence-electron chi connectivity index (χ4n) is 2.95. The van der Waals surface area contributed by atoms with Crippen LogP contribution in [0.1, 0.15) is 23.1 Å². The van der Waals surface area contributed by atoms with E-state index in [1.165, 1.54) is 6.07 Å². The maximum Gasteiger partial charge on any atom is 0.435 e. The van der Waals surface area contributed by atoms with E-state index in [2.05, 4.69) is 5.16 Å². The fraction of sp³-hybridized carbons (Fsp3) is 0.278. The monoisotopic (exact) mass is 457 g/mol. The Morgan fingerprint density at radius 1 is 1.00 bits per heavy atom. The normalized spacial score (nSPS) is 19.7. The first-order valence-corrected chi connectivity index (χ1v) is 8.67. The van der Waals surface area contributed by atoms with E-state index in [9.17, 15) is 26.3 Å². The van der Waals surface area contributed by atoms with Crippen LogP contribution in [0.5, 0.6) is 5.75 Å². The maximum absolute atomic E-state index is 14.0. The smallest absolute Gasteiger partial charge is 0.435 e. The molecule has 0 spiro atoms. The SMILES string of the molecule is COc1cc(C2=NOC(c3cc(Cl)cc(Cl)c3)(C(F)(F)F)C2)ccc1C(F)(F)F. The highest BCUT2D eigenvalue weighted by molar-refractivity contribution is 6.34. The van der Waals surface area contributed by atoms with E-state index in [1.807, 2.05) is 0 Å². The number of ether oxygens (including phenoxy) is 1. The Morgan fingerprint density at radius 3 is 2.14 bits per heavy atom. The van der Waals surface area contributed by atoms with Crippen LogP contribution in [-0.4, -0.2) is 19.0 Å². The zero-order valence-corrected chi connectivity index (χ0v) is 16.0. The molecule has 0 fully saturated rings. The molecule has 0 aromatic heterocycles. The summed E-state index contributed by atoms with van der Waals surface area (Å²) in [6, 6.07) is 6.03. The molecule has 0 N–H and O–H groups in total. The van der Waals surface area contributed by atoms with E-state index in [-0.39, 0.29) is 26.9 Å². The molecule has 0 aliphatic carbocycles. The molecule has 3 nitrogen and oxygen atoms in total. The maximum atomic E-state index is 14.0. The third kappa shape index (κ3) is 3.98. The van der Waals surface area contributed by atoms with Gasteiger partial charge in [-0.25, -0.2) is 0 Å². The number of methoxy groups -OCH3 is 1. The number of oxime groups is 1. The van der Waals surface area contributed by atoms with Gasteiger partial charge in [-0.2, -0.15) is 26.3 Å². The Hall–Kier alpha value is -2.13. The Kier molecular flexibility index (Phi) is 5.42. The van der Waals surface area contributed by atoms with Crippen LogP contribution in [0.2, 0.25) is 10.0 Å². The van der Waals surface area contributed by atoms with Crippen LogP contribution in [0.4, 0.5) is 26.3 Å². The van der Waals surface area contributed by atoms with Crippen molar-refractivity contribution in [3.8, 4) is 5.75 Å². The third-order valence-electron chi connectivity index (χ3n) is 4.35. The number of benzene rings is 2. The summed E-state index contributed by atoms with van der Waals surface area (Å²) in [6.45, 7) is 0. The minimum absolute atomic E-state index is 0.00546. The van der Waals surface area contributed by atoms with Crippen molar-refractivity contribution in [1.82, 2.24) is 0 Å². The van der Waals surface area contributed by atoms with E-state index in [0.29, 0.717) is 6.07 Å². The minimum atomic E-state index is -4.91. The second kappa shape index (κ2) is 7.28. The van der Waals surface area contributed by atoms with Gasteiger partial charge >= 0.3 is 12.4 Å². The van der Waals surface area contributed by atoms with E-state index >= 15 is 0 Å². The van der Waals surface area contributed by atoms with Gasteiger partial charge in [-0.15, -0.1) is 0 Å². The standard InChI is InChI=1S/C18H11Cl2F6NO2/c1-28-15-4-9(2-3-13(15)17(21,22)23)14-8-16(29-27-14,18(24,25)26)10-5-11(19)7-12(20)6-10/h2-7H,8H2,1H3. The van der Waals surface area contributed by atoms with Crippen LogP contribution in [0.15, 0.2) is 41.6 Å². The molecule has 0 amide bonds. The van der Waals surface area contributed by atoms with Crippen molar-refractivity contribution in [1.29, 1.82) is 0 Å². The predicted octanol–water partition coefficient (Wildman–Crippen LogP) is 6.60. The second-order valence-electron chi connectivity index (χ2n) is 6.20. The molecule has 0 radical (unpaired) electrons. The largest absolute Gasteiger partial charge is 0.496 e. The summed E-state index contributed by atoms with van der Waals surface area (Å²) >= 11 is 11.7. The van der Waals surface area contributed by atoms with Gasteiger partial charge in [-0.05, 0) is 30.3 Å². The first-order valence-electron chi connectivity index (χ1n) is 7.91. The molecule has 1 unspecified atom stereocenters. The lowest BCUT2D eigenvalue weighted by Crippen LogP contribution is -2.42. The number of hydrogen-bond donors (Lipinski definition) is 0. The van der Waals surface area contributed by atoms with Crippen molar-refractivity contribution < 1.29 is 35.9 Å². The number of nitrogens with zero attached hydrogens (tertiary/aromatic N) is 1. The van der Waals surface area contributed by atoms with Crippen molar-refractivity contribution in [3.63, 3.8) is 0 Å². The van der Waals surface area contributed by atoms with Crippen molar-refractivity contribution >= 4 is 28.9 Å². The van der Waals surface area contributed by atoms with Crippen molar-refractivity contribution in [3.05, 3.63) is 63.1 Å². The molecular formula is C18H11Cl2F6NO2. The van der Waals surface area contributed by atoms with Gasteiger partial charge in [0.05, 0.1) is 18.4 Å². The third-order valence-corrected chi connectivity index (χ3v) is 4.79. The number of rotatable bonds is 3. The molecule has 11 heteroatoms. The molecule has 1 heterocycles. The minimum Gasteiger partial charge on any atom is -0.496 e. The highest BCUT2D eigenvalue weighted by Gasteiger charge is 2.62. The lowest BCUT2D eigenvalue weighted by molar-refractivity contribution is -0.275. The van der Waals surface area contributed by atoms with E-state index < -0.39 is 35.7 Å². The summed E-state index contributed by atoms with van der Waals surface area (Å²) in [5.74, 6) is -0.548. The average molecular weight is 458 g/mol. The molecule has 2 aromatic rings. The molecule has 1 atom stereocenters. The molecule has 156 valence electrons. The van der Waals surface area contributed by atoms with E-state index in [0.717, 1.165) is 31.4 Å². The van der Waals surface area contributed by atoms with E-state index in [1.54, 1.807) is 0 Å². The Labute approximate surface area is 170 Å². The summed E-state index contributed by atoms with van der Waals surface area (Å²) in [6.07, 6.45) is -10.4. The zero-order valence-electron chi connectivity index (χ0n) is 14.5. The summed E-state index contributed by atoms with van der Waals surface area (Å²) < 4.78 is 85.7. The molecule has 1 aliphatic heterocycles. The second-order valence-corrected chi connectivity index (χ2v) is 7.07. The first-order chi connectivity index (χ1) is 13.4. The topological polar surface area (TPSA) is 30.8 Å². The summed E-state index contributed by atoms with van der Waals surface area (Å²) in [7, 11) is 1.02. The lowest BCUT2D eigenvalue weighted by Gasteiger charge is -2.29. The summed E-state index contributed by atoms with van der Waals surface area (Å²) in [5.41, 5.74) is -4.53. The molecule has 0 bridgehead atoms. The molecule has 2 aromatic carbocycles. The van der Waals surface area contributed by atoms with Crippen LogP contribution in [0.3, 0.4) is 0 Å². The molecule has 0 saturated heterocycles. The Bertz CT molecular complexity index is 954. The molecule has 29 heavy (non-hydrogen) atoms. The molecular weight excluding hydrogens is 447 g/mol. The molecule has 1 aliphatic rings. The van der Waals surface area contributed by atoms with Gasteiger partial charge < -0.3 is 9.57 Å². The lowest BCUT2D eigenvalue weighted by atomic mass is 9.86. The van der Waals surface area contributed by atoms with Gasteiger partial charge in [-0.3, -0.25) is 0 Å². The van der Waals surface area contributed by atoms with Gasteiger partial charge in [0.15, 0.2) is 0 Å². The van der Waals surface area contributed by atoms with Gasteiger partial charge in [0.2, 0.25) is 0 Å². The van der Waals surface area contributed by atoms with Crippen molar-refractivity contribution in [2.75, 3.05) is 7.11 Å². The highest BCUT2D eigenvalue weighted by Crippen LogP contribution is 2.50. The Balaban J connectivity index is 2.03. The Morgan fingerprint density at radius 2 is 1.62 bits per heavy atom. The van der Waals surface area contributed by atoms with Gasteiger partial charge in [0.1, 0.15) is 5.75 Å². The number of hydrogen-bond acceptors (Lipinski definition) is 3. The molecule has 0 saturated carbocycles. The van der Waals surface area contributed by atoms with Crippen LogP contribution >= 0.6 is 23.2 Å². The quantitative estimate of drug-likeness (QED) is 0.486. The van der Waals surface area contributed by atoms with Gasteiger partial charge in [0.25, 0.3) is 5.60 Å². The van der Waals surface area contributed by atoms with Crippen molar-refractivity contribution in [2.45, 2.75) is 24.4 Å². The van der Waals surface area contributed by atoms with Gasteiger partial charge in [0, 0.05) is 27.6 Å².